The largest absolute Gasteiger partial charge is 0.309 e. The maximum atomic E-state index is 12.5. The summed E-state index contributed by atoms with van der Waals surface area (Å²) in [5.41, 5.74) is 2.44. The van der Waals surface area contributed by atoms with Crippen molar-refractivity contribution < 1.29 is 4.79 Å². The van der Waals surface area contributed by atoms with Gasteiger partial charge in [0.05, 0.1) is 10.6 Å². The van der Waals surface area contributed by atoms with Gasteiger partial charge >= 0.3 is 0 Å². The molecule has 1 aromatic carbocycles. The van der Waals surface area contributed by atoms with E-state index in [-0.39, 0.29) is 5.91 Å². The van der Waals surface area contributed by atoms with E-state index in [0.29, 0.717) is 17.1 Å². The second kappa shape index (κ2) is 5.85. The highest BCUT2D eigenvalue weighted by Gasteiger charge is 2.18. The molecule has 0 bridgehead atoms. The van der Waals surface area contributed by atoms with E-state index in [1.54, 1.807) is 17.2 Å². The Morgan fingerprint density at radius 2 is 1.95 bits per heavy atom. The van der Waals surface area contributed by atoms with Gasteiger partial charge in [-0.3, -0.25) is 9.78 Å². The van der Waals surface area contributed by atoms with Crippen LogP contribution in [0.15, 0.2) is 42.7 Å². The summed E-state index contributed by atoms with van der Waals surface area (Å²) in [5.74, 6) is -0.135. The summed E-state index contributed by atoms with van der Waals surface area (Å²) >= 11 is 6.05. The van der Waals surface area contributed by atoms with Gasteiger partial charge in [-0.1, -0.05) is 29.3 Å². The third kappa shape index (κ3) is 2.93. The fourth-order valence-electron chi connectivity index (χ4n) is 1.85. The van der Waals surface area contributed by atoms with Gasteiger partial charge in [0.25, 0.3) is 5.91 Å². The predicted octanol–water partition coefficient (Wildman–Crippen LogP) is 3.71. The zero-order valence-electron chi connectivity index (χ0n) is 10.9. The zero-order valence-corrected chi connectivity index (χ0v) is 11.7. The Morgan fingerprint density at radius 1 is 1.26 bits per heavy atom. The van der Waals surface area contributed by atoms with E-state index in [2.05, 4.69) is 4.98 Å². The Balaban J connectivity index is 2.35. The number of halogens is 1. The number of aryl methyl sites for hydroxylation is 1. The lowest BCUT2D eigenvalue weighted by Gasteiger charge is -2.21. The number of benzene rings is 1. The maximum Gasteiger partial charge on any atom is 0.261 e. The highest BCUT2D eigenvalue weighted by molar-refractivity contribution is 6.34. The van der Waals surface area contributed by atoms with Gasteiger partial charge in [-0.15, -0.1) is 0 Å². The quantitative estimate of drug-likeness (QED) is 0.855. The number of aromatic nitrogens is 1. The van der Waals surface area contributed by atoms with Gasteiger partial charge < -0.3 is 4.90 Å². The fourth-order valence-corrected chi connectivity index (χ4v) is 2.03. The van der Waals surface area contributed by atoms with Crippen LogP contribution < -0.4 is 4.90 Å². The molecule has 0 aliphatic rings. The van der Waals surface area contributed by atoms with E-state index in [1.807, 2.05) is 38.1 Å². The summed E-state index contributed by atoms with van der Waals surface area (Å²) in [5, 5.41) is 0.422. The number of hydrogen-bond acceptors (Lipinski definition) is 2. The lowest BCUT2D eigenvalue weighted by Crippen LogP contribution is -2.30. The highest BCUT2D eigenvalue weighted by atomic mass is 35.5. The van der Waals surface area contributed by atoms with E-state index >= 15 is 0 Å². The van der Waals surface area contributed by atoms with Crippen LogP contribution in [0.4, 0.5) is 5.69 Å². The van der Waals surface area contributed by atoms with Crippen LogP contribution >= 0.6 is 11.6 Å². The molecule has 1 amide bonds. The van der Waals surface area contributed by atoms with Crippen LogP contribution in [-0.4, -0.2) is 17.4 Å². The monoisotopic (exact) mass is 274 g/mol. The molecule has 3 nitrogen and oxygen atoms in total. The molecule has 0 N–H and O–H groups in total. The van der Waals surface area contributed by atoms with Gasteiger partial charge in [0.2, 0.25) is 0 Å². The van der Waals surface area contributed by atoms with Crippen LogP contribution in [0.3, 0.4) is 0 Å². The van der Waals surface area contributed by atoms with Gasteiger partial charge in [-0.25, -0.2) is 0 Å². The molecule has 1 aromatic heterocycles. The van der Waals surface area contributed by atoms with Gasteiger partial charge in [0, 0.05) is 24.6 Å². The average molecular weight is 275 g/mol. The molecule has 0 fully saturated rings. The summed E-state index contributed by atoms with van der Waals surface area (Å²) in [7, 11) is 0. The first-order valence-corrected chi connectivity index (χ1v) is 6.49. The number of nitrogens with zero attached hydrogens (tertiary/aromatic N) is 2. The van der Waals surface area contributed by atoms with Crippen molar-refractivity contribution in [2.45, 2.75) is 13.8 Å². The Morgan fingerprint density at radius 3 is 2.53 bits per heavy atom. The van der Waals surface area contributed by atoms with Crippen molar-refractivity contribution in [2.24, 2.45) is 0 Å². The first-order valence-electron chi connectivity index (χ1n) is 6.11. The van der Waals surface area contributed by atoms with Crippen molar-refractivity contribution in [2.75, 3.05) is 11.4 Å². The van der Waals surface area contributed by atoms with Crippen LogP contribution in [0, 0.1) is 6.92 Å². The normalized spacial score (nSPS) is 10.3. The Kier molecular flexibility index (Phi) is 4.17. The van der Waals surface area contributed by atoms with E-state index in [4.69, 9.17) is 11.6 Å². The molecule has 0 aliphatic heterocycles. The van der Waals surface area contributed by atoms with Crippen LogP contribution in [0.25, 0.3) is 0 Å². The molecule has 4 heteroatoms. The fraction of sp³-hybridized carbons (Fsp3) is 0.200. The lowest BCUT2D eigenvalue weighted by atomic mass is 10.2. The molecule has 0 atom stereocenters. The van der Waals surface area contributed by atoms with Gasteiger partial charge in [-0.05, 0) is 32.0 Å². The first kappa shape index (κ1) is 13.6. The highest BCUT2D eigenvalue weighted by Crippen LogP contribution is 2.21. The molecule has 19 heavy (non-hydrogen) atoms. The number of rotatable bonds is 3. The molecule has 0 radical (unpaired) electrons. The topological polar surface area (TPSA) is 33.2 Å². The van der Waals surface area contributed by atoms with Crippen molar-refractivity contribution >= 4 is 23.2 Å². The molecular formula is C15H15ClN2O. The molecule has 0 aliphatic carbocycles. The van der Waals surface area contributed by atoms with E-state index in [0.717, 1.165) is 11.3 Å². The maximum absolute atomic E-state index is 12.5. The third-order valence-electron chi connectivity index (χ3n) is 2.91. The first-order chi connectivity index (χ1) is 9.13. The number of carbonyl (C=O) groups excluding carboxylic acids is 1. The molecule has 98 valence electrons. The number of anilines is 1. The average Bonchev–Trinajstić information content (AvgIpc) is 2.42. The van der Waals surface area contributed by atoms with Crippen molar-refractivity contribution in [1.82, 2.24) is 4.98 Å². The van der Waals surface area contributed by atoms with Crippen molar-refractivity contribution in [3.63, 3.8) is 0 Å². The zero-order chi connectivity index (χ0) is 13.8. The lowest BCUT2D eigenvalue weighted by molar-refractivity contribution is 0.0988. The van der Waals surface area contributed by atoms with E-state index in [1.165, 1.54) is 6.20 Å². The smallest absolute Gasteiger partial charge is 0.261 e. The molecule has 0 unspecified atom stereocenters. The molecule has 1 heterocycles. The Hall–Kier alpha value is -1.87. The SMILES string of the molecule is CCN(C(=O)c1cnccc1Cl)c1ccc(C)cc1. The minimum atomic E-state index is -0.135. The molecule has 2 aromatic rings. The van der Waals surface area contributed by atoms with Gasteiger partial charge in [0.15, 0.2) is 0 Å². The third-order valence-corrected chi connectivity index (χ3v) is 3.23. The summed E-state index contributed by atoms with van der Waals surface area (Å²) in [6.07, 6.45) is 3.07. The molecule has 0 saturated heterocycles. The van der Waals surface area contributed by atoms with Crippen LogP contribution in [0.1, 0.15) is 22.8 Å². The summed E-state index contributed by atoms with van der Waals surface area (Å²) in [6.45, 7) is 4.52. The standard InChI is InChI=1S/C15H15ClN2O/c1-3-18(12-6-4-11(2)5-7-12)15(19)13-10-17-9-8-14(13)16/h4-10H,3H2,1-2H3. The van der Waals surface area contributed by atoms with Crippen LogP contribution in [0.5, 0.6) is 0 Å². The Labute approximate surface area is 117 Å². The summed E-state index contributed by atoms with van der Waals surface area (Å²) in [4.78, 5) is 18.1. The van der Waals surface area contributed by atoms with Gasteiger partial charge in [-0.2, -0.15) is 0 Å². The molecular weight excluding hydrogens is 260 g/mol. The Bertz CT molecular complexity index is 581. The van der Waals surface area contributed by atoms with Gasteiger partial charge in [0.1, 0.15) is 0 Å². The predicted molar refractivity (Wildman–Crippen MR) is 77.8 cm³/mol. The molecule has 0 saturated carbocycles. The number of amides is 1. The number of carbonyl (C=O) groups is 1. The van der Waals surface area contributed by atoms with Crippen molar-refractivity contribution in [1.29, 1.82) is 0 Å². The molecule has 2 rings (SSSR count). The number of hydrogen-bond donors (Lipinski definition) is 0. The number of pyridine rings is 1. The summed E-state index contributed by atoms with van der Waals surface area (Å²) < 4.78 is 0. The van der Waals surface area contributed by atoms with E-state index < -0.39 is 0 Å². The second-order valence-corrected chi connectivity index (χ2v) is 4.65. The minimum absolute atomic E-state index is 0.135. The van der Waals surface area contributed by atoms with Crippen LogP contribution in [0.2, 0.25) is 5.02 Å². The molecule has 0 spiro atoms. The minimum Gasteiger partial charge on any atom is -0.309 e. The summed E-state index contributed by atoms with van der Waals surface area (Å²) in [6, 6.07) is 9.45. The van der Waals surface area contributed by atoms with Crippen molar-refractivity contribution in [3.05, 3.63) is 58.9 Å². The van der Waals surface area contributed by atoms with Crippen LogP contribution in [-0.2, 0) is 0 Å². The van der Waals surface area contributed by atoms with Crippen molar-refractivity contribution in [3.8, 4) is 0 Å². The second-order valence-electron chi connectivity index (χ2n) is 4.24. The van der Waals surface area contributed by atoms with E-state index in [9.17, 15) is 4.79 Å².